The van der Waals surface area contributed by atoms with Gasteiger partial charge in [0.15, 0.2) is 5.75 Å². The van der Waals surface area contributed by atoms with Gasteiger partial charge in [-0.2, -0.15) is 8.78 Å². The highest BCUT2D eigenvalue weighted by Crippen LogP contribution is 2.29. The minimum atomic E-state index is -2.20. The number of rotatable bonds is 5. The van der Waals surface area contributed by atoms with Crippen LogP contribution in [0.2, 0.25) is 0 Å². The van der Waals surface area contributed by atoms with Crippen molar-refractivity contribution in [1.29, 1.82) is 0 Å². The molecule has 0 aliphatic rings. The molecule has 0 amide bonds. The van der Waals surface area contributed by atoms with Crippen molar-refractivity contribution in [2.45, 2.75) is 20.3 Å². The number of ether oxygens (including phenoxy) is 1. The molecule has 0 aromatic heterocycles. The van der Waals surface area contributed by atoms with Gasteiger partial charge in [0.2, 0.25) is 29.1 Å². The lowest BCUT2D eigenvalue weighted by molar-refractivity contribution is 0.211. The van der Waals surface area contributed by atoms with Crippen LogP contribution in [0.1, 0.15) is 20.3 Å². The summed E-state index contributed by atoms with van der Waals surface area (Å²) in [4.78, 5) is 0. The van der Waals surface area contributed by atoms with E-state index in [0.717, 1.165) is 0 Å². The molecule has 1 aromatic carbocycles. The Morgan fingerprint density at radius 3 is 1.74 bits per heavy atom. The van der Waals surface area contributed by atoms with E-state index in [-0.39, 0.29) is 12.0 Å². The highest BCUT2D eigenvalue weighted by molar-refractivity contribution is 5.29. The zero-order valence-electron chi connectivity index (χ0n) is 10.5. The maximum Gasteiger partial charge on any atom is 0.206 e. The molecule has 0 bridgehead atoms. The fourth-order valence-electron chi connectivity index (χ4n) is 1.24. The molecule has 0 radical (unpaired) electrons. The molecule has 0 fully saturated rings. The van der Waals surface area contributed by atoms with Crippen molar-refractivity contribution in [2.75, 3.05) is 13.2 Å². The van der Waals surface area contributed by atoms with E-state index in [2.05, 4.69) is 4.74 Å². The van der Waals surface area contributed by atoms with Gasteiger partial charge in [0, 0.05) is 0 Å². The van der Waals surface area contributed by atoms with Crippen LogP contribution in [0, 0.1) is 34.5 Å². The molecule has 1 rings (SSSR count). The number of halogens is 5. The summed E-state index contributed by atoms with van der Waals surface area (Å²) >= 11 is 0. The Balaban J connectivity index is 2.91. The molecule has 0 unspecified atom stereocenters. The Hall–Kier alpha value is -1.37. The lowest BCUT2D eigenvalue weighted by Crippen LogP contribution is -2.26. The van der Waals surface area contributed by atoms with E-state index in [0.29, 0.717) is 13.0 Å². The molecular formula is C12H14F5NO. The fourth-order valence-corrected chi connectivity index (χ4v) is 1.24. The summed E-state index contributed by atoms with van der Waals surface area (Å²) in [5.74, 6) is -11.4. The van der Waals surface area contributed by atoms with Gasteiger partial charge >= 0.3 is 0 Å². The zero-order valence-corrected chi connectivity index (χ0v) is 10.5. The smallest absolute Gasteiger partial charge is 0.206 e. The Kier molecular flexibility index (Phi) is 4.73. The first-order valence-corrected chi connectivity index (χ1v) is 5.55. The standard InChI is InChI=1S/C12H14F5NO/c1-12(2,5-18)3-4-19-11-9(16)7(14)6(13)8(15)10(11)17/h3-5,18H2,1-2H3. The highest BCUT2D eigenvalue weighted by Gasteiger charge is 2.27. The summed E-state index contributed by atoms with van der Waals surface area (Å²) in [6.45, 7) is 3.67. The average molecular weight is 283 g/mol. The number of benzene rings is 1. The Morgan fingerprint density at radius 1 is 0.895 bits per heavy atom. The summed E-state index contributed by atoms with van der Waals surface area (Å²) < 4.78 is 69.6. The minimum Gasteiger partial charge on any atom is -0.487 e. The van der Waals surface area contributed by atoms with Crippen LogP contribution in [0.3, 0.4) is 0 Å². The zero-order chi connectivity index (χ0) is 14.8. The molecule has 0 heterocycles. The second-order valence-electron chi connectivity index (χ2n) is 4.87. The van der Waals surface area contributed by atoms with Gasteiger partial charge in [-0.05, 0) is 18.4 Å². The minimum absolute atomic E-state index is 0.206. The third-order valence-electron chi connectivity index (χ3n) is 2.75. The average Bonchev–Trinajstić information content (AvgIpc) is 2.38. The van der Waals surface area contributed by atoms with Crippen LogP contribution in [-0.4, -0.2) is 13.2 Å². The molecule has 1 aromatic rings. The van der Waals surface area contributed by atoms with E-state index in [4.69, 9.17) is 5.73 Å². The molecule has 19 heavy (non-hydrogen) atoms. The SMILES string of the molecule is CC(C)(CN)CCOc1c(F)c(F)c(F)c(F)c1F. The number of nitrogens with two attached hydrogens (primary N) is 1. The molecular weight excluding hydrogens is 269 g/mol. The van der Waals surface area contributed by atoms with Gasteiger partial charge in [-0.15, -0.1) is 0 Å². The van der Waals surface area contributed by atoms with Crippen LogP contribution in [0.5, 0.6) is 5.75 Å². The quantitative estimate of drug-likeness (QED) is 0.512. The van der Waals surface area contributed by atoms with E-state index in [9.17, 15) is 22.0 Å². The molecule has 0 saturated carbocycles. The summed E-state index contributed by atoms with van der Waals surface area (Å²) in [6, 6.07) is 0. The van der Waals surface area contributed by atoms with Gasteiger partial charge in [0.25, 0.3) is 0 Å². The van der Waals surface area contributed by atoms with Crippen molar-refractivity contribution in [2.24, 2.45) is 11.1 Å². The van der Waals surface area contributed by atoms with Crippen LogP contribution in [0.25, 0.3) is 0 Å². The monoisotopic (exact) mass is 283 g/mol. The first-order chi connectivity index (χ1) is 8.71. The van der Waals surface area contributed by atoms with Crippen LogP contribution in [-0.2, 0) is 0 Å². The van der Waals surface area contributed by atoms with E-state index in [1.807, 2.05) is 0 Å². The molecule has 2 N–H and O–H groups in total. The Morgan fingerprint density at radius 2 is 1.32 bits per heavy atom. The first-order valence-electron chi connectivity index (χ1n) is 5.55. The van der Waals surface area contributed by atoms with Gasteiger partial charge in [0.1, 0.15) is 0 Å². The number of hydrogen-bond acceptors (Lipinski definition) is 2. The van der Waals surface area contributed by atoms with Crippen molar-refractivity contribution in [3.8, 4) is 5.75 Å². The third kappa shape index (κ3) is 3.34. The van der Waals surface area contributed by atoms with Crippen molar-refractivity contribution >= 4 is 0 Å². The number of hydrogen-bond donors (Lipinski definition) is 1. The third-order valence-corrected chi connectivity index (χ3v) is 2.75. The lowest BCUT2D eigenvalue weighted by atomic mass is 9.90. The van der Waals surface area contributed by atoms with E-state index in [1.54, 1.807) is 13.8 Å². The molecule has 108 valence electrons. The maximum atomic E-state index is 13.2. The maximum absolute atomic E-state index is 13.2. The molecule has 2 nitrogen and oxygen atoms in total. The van der Waals surface area contributed by atoms with Crippen molar-refractivity contribution in [3.05, 3.63) is 29.1 Å². The fraction of sp³-hybridized carbons (Fsp3) is 0.500. The van der Waals surface area contributed by atoms with Gasteiger partial charge in [-0.1, -0.05) is 13.8 Å². The van der Waals surface area contributed by atoms with E-state index < -0.39 is 34.8 Å². The topological polar surface area (TPSA) is 35.2 Å². The van der Waals surface area contributed by atoms with E-state index >= 15 is 0 Å². The Bertz CT molecular complexity index is 447. The van der Waals surface area contributed by atoms with Gasteiger partial charge < -0.3 is 10.5 Å². The molecule has 0 atom stereocenters. The van der Waals surface area contributed by atoms with Crippen LogP contribution in [0.4, 0.5) is 22.0 Å². The van der Waals surface area contributed by atoms with Crippen LogP contribution >= 0.6 is 0 Å². The predicted molar refractivity (Wildman–Crippen MR) is 59.2 cm³/mol. The van der Waals surface area contributed by atoms with Gasteiger partial charge in [-0.25, -0.2) is 13.2 Å². The van der Waals surface area contributed by atoms with E-state index in [1.165, 1.54) is 0 Å². The Labute approximate surface area is 107 Å². The molecule has 0 spiro atoms. The molecule has 0 saturated heterocycles. The second-order valence-corrected chi connectivity index (χ2v) is 4.87. The summed E-state index contributed by atoms with van der Waals surface area (Å²) in [5.41, 5.74) is 5.08. The predicted octanol–water partition coefficient (Wildman–Crippen LogP) is 3.14. The summed E-state index contributed by atoms with van der Waals surface area (Å²) in [6.07, 6.45) is 0.309. The normalized spacial score (nSPS) is 11.8. The summed E-state index contributed by atoms with van der Waals surface area (Å²) in [7, 11) is 0. The summed E-state index contributed by atoms with van der Waals surface area (Å²) in [5, 5.41) is 0. The van der Waals surface area contributed by atoms with Crippen molar-refractivity contribution < 1.29 is 26.7 Å². The van der Waals surface area contributed by atoms with Crippen LogP contribution in [0.15, 0.2) is 0 Å². The lowest BCUT2D eigenvalue weighted by Gasteiger charge is -2.22. The first kappa shape index (κ1) is 15.7. The largest absolute Gasteiger partial charge is 0.487 e. The molecule has 7 heteroatoms. The highest BCUT2D eigenvalue weighted by atomic mass is 19.2. The molecule has 0 aliphatic heterocycles. The van der Waals surface area contributed by atoms with Gasteiger partial charge in [0.05, 0.1) is 6.61 Å². The van der Waals surface area contributed by atoms with Crippen molar-refractivity contribution in [1.82, 2.24) is 0 Å². The van der Waals surface area contributed by atoms with Gasteiger partial charge in [-0.3, -0.25) is 0 Å². The van der Waals surface area contributed by atoms with Crippen LogP contribution < -0.4 is 10.5 Å². The second kappa shape index (κ2) is 5.73. The molecule has 0 aliphatic carbocycles. The van der Waals surface area contributed by atoms with Crippen molar-refractivity contribution in [3.63, 3.8) is 0 Å².